The van der Waals surface area contributed by atoms with E-state index in [1.807, 2.05) is 80.6 Å². The van der Waals surface area contributed by atoms with Crippen LogP contribution in [0.25, 0.3) is 33.8 Å². The molecular formula is C41H38Cl2N6O6. The lowest BCUT2D eigenvalue weighted by molar-refractivity contribution is -0.143. The minimum Gasteiger partial charge on any atom is -0.469 e. The fourth-order valence-corrected chi connectivity index (χ4v) is 8.70. The standard InChI is InChI=1S/C41H38Cl2N6O6/c1-5-40(52,6-2)38(51)45-26-18-20-15-16-27-23(17-20)41(22-12-8-10-14-25(22)46-39(41)53-27)32-30(48-36(55-32)29(19(3)4)47-35(26)50)37-49-34(43)31(54-37)28-21-11-7-9-13-24(21)44-33(28)42/h7-17,19,26,29,39,44,46,52H,5-6,18H2,1-4H3,(H,45,51)(H,47,50)/t26-,29-,39-,41?/m0/s1. The number of para-hydroxylation sites is 2. The molecule has 4 atom stereocenters. The van der Waals surface area contributed by atoms with Gasteiger partial charge in [-0.05, 0) is 48.1 Å². The van der Waals surface area contributed by atoms with Crippen molar-refractivity contribution in [3.05, 3.63) is 105 Å². The van der Waals surface area contributed by atoms with Crippen LogP contribution in [0.2, 0.25) is 10.3 Å². The van der Waals surface area contributed by atoms with Crippen molar-refractivity contribution in [2.75, 3.05) is 5.32 Å². The molecular weight excluding hydrogens is 743 g/mol. The number of carbonyl (C=O) groups excluding carboxylic acids is 2. The van der Waals surface area contributed by atoms with E-state index in [1.165, 1.54) is 0 Å². The smallest absolute Gasteiger partial charge is 0.252 e. The average molecular weight is 782 g/mol. The van der Waals surface area contributed by atoms with E-state index in [0.717, 1.165) is 33.3 Å². The highest BCUT2D eigenvalue weighted by Gasteiger charge is 2.61. The summed E-state index contributed by atoms with van der Waals surface area (Å²) >= 11 is 13.6. The highest BCUT2D eigenvalue weighted by molar-refractivity contribution is 6.37. The Morgan fingerprint density at radius 1 is 1.02 bits per heavy atom. The lowest BCUT2D eigenvalue weighted by atomic mass is 9.72. The van der Waals surface area contributed by atoms with Crippen molar-refractivity contribution in [1.82, 2.24) is 25.6 Å². The lowest BCUT2D eigenvalue weighted by Gasteiger charge is -2.30. The van der Waals surface area contributed by atoms with Crippen LogP contribution in [-0.2, 0) is 21.4 Å². The van der Waals surface area contributed by atoms with Crippen molar-refractivity contribution in [1.29, 1.82) is 0 Å². The summed E-state index contributed by atoms with van der Waals surface area (Å²) in [5, 5.41) is 21.9. The minimum absolute atomic E-state index is 0.0749. The number of aliphatic hydroxyl groups is 1. The molecule has 3 aliphatic heterocycles. The van der Waals surface area contributed by atoms with Gasteiger partial charge in [0.25, 0.3) is 11.8 Å². The van der Waals surface area contributed by atoms with Crippen LogP contribution in [0.15, 0.2) is 75.6 Å². The summed E-state index contributed by atoms with van der Waals surface area (Å²) in [6.45, 7) is 7.35. The van der Waals surface area contributed by atoms with Gasteiger partial charge in [0.05, 0.1) is 5.56 Å². The van der Waals surface area contributed by atoms with Crippen molar-refractivity contribution in [3.8, 4) is 28.7 Å². The molecule has 0 aliphatic carbocycles. The van der Waals surface area contributed by atoms with Crippen molar-refractivity contribution in [3.63, 3.8) is 0 Å². The van der Waals surface area contributed by atoms with Crippen molar-refractivity contribution in [2.45, 2.75) is 76.3 Å². The Bertz CT molecular complexity index is 2520. The largest absolute Gasteiger partial charge is 0.469 e. The van der Waals surface area contributed by atoms with Crippen molar-refractivity contribution >= 4 is 51.6 Å². The van der Waals surface area contributed by atoms with E-state index in [2.05, 4.69) is 20.9 Å². The molecule has 55 heavy (non-hydrogen) atoms. The Morgan fingerprint density at radius 3 is 2.56 bits per heavy atom. The second-order valence-corrected chi connectivity index (χ2v) is 15.5. The fraction of sp³-hybridized carbons (Fsp3) is 0.317. The maximum atomic E-state index is 14.3. The van der Waals surface area contributed by atoms with Gasteiger partial charge in [-0.2, -0.15) is 4.98 Å². The third-order valence-corrected chi connectivity index (χ3v) is 11.8. The summed E-state index contributed by atoms with van der Waals surface area (Å²) in [5.41, 5.74) is 2.11. The summed E-state index contributed by atoms with van der Waals surface area (Å²) in [6, 6.07) is 19.4. The number of hydrogen-bond acceptors (Lipinski definition) is 9. The van der Waals surface area contributed by atoms with Gasteiger partial charge >= 0.3 is 0 Å². The third-order valence-electron chi connectivity index (χ3n) is 11.3. The van der Waals surface area contributed by atoms with Crippen LogP contribution in [0, 0.1) is 5.92 Å². The number of halogens is 2. The van der Waals surface area contributed by atoms with E-state index in [0.29, 0.717) is 22.2 Å². The lowest BCUT2D eigenvalue weighted by Crippen LogP contribution is -2.55. The number of rotatable bonds is 7. The molecule has 2 amide bonds. The highest BCUT2D eigenvalue weighted by Crippen LogP contribution is 2.59. The molecule has 0 fully saturated rings. The first kappa shape index (κ1) is 35.4. The Labute approximate surface area is 326 Å². The molecule has 1 unspecified atom stereocenters. The third kappa shape index (κ3) is 5.29. The zero-order valence-electron chi connectivity index (χ0n) is 30.4. The van der Waals surface area contributed by atoms with Crippen molar-refractivity contribution in [2.24, 2.45) is 5.92 Å². The van der Waals surface area contributed by atoms with E-state index in [4.69, 9.17) is 46.7 Å². The first-order chi connectivity index (χ1) is 26.5. The number of H-pyrrole nitrogens is 1. The Morgan fingerprint density at radius 2 is 1.78 bits per heavy atom. The number of ether oxygens (including phenoxy) is 1. The number of carbonyl (C=O) groups is 2. The van der Waals surface area contributed by atoms with Crippen LogP contribution < -0.4 is 20.7 Å². The molecule has 14 heteroatoms. The molecule has 3 aliphatic rings. The number of amides is 2. The number of aromatic amines is 1. The topological polar surface area (TPSA) is 168 Å². The maximum Gasteiger partial charge on any atom is 0.252 e. The van der Waals surface area contributed by atoms with Gasteiger partial charge in [0.15, 0.2) is 28.6 Å². The number of oxazole rings is 2. The molecule has 0 saturated carbocycles. The molecule has 5 N–H and O–H groups in total. The molecule has 3 aromatic carbocycles. The molecule has 4 bridgehead atoms. The number of hydrogen-bond donors (Lipinski definition) is 5. The van der Waals surface area contributed by atoms with Gasteiger partial charge in [0, 0.05) is 28.6 Å². The first-order valence-electron chi connectivity index (χ1n) is 18.4. The van der Waals surface area contributed by atoms with Crippen LogP contribution in [0.4, 0.5) is 5.69 Å². The molecule has 1 spiro atoms. The number of aromatic nitrogens is 3. The van der Waals surface area contributed by atoms with Crippen LogP contribution in [0.1, 0.15) is 74.9 Å². The molecule has 0 saturated heterocycles. The predicted octanol–water partition coefficient (Wildman–Crippen LogP) is 7.67. The van der Waals surface area contributed by atoms with E-state index >= 15 is 0 Å². The van der Waals surface area contributed by atoms with Gasteiger partial charge in [-0.15, -0.1) is 0 Å². The number of fused-ring (bicyclic) bond motifs is 5. The molecule has 0 radical (unpaired) electrons. The van der Waals surface area contributed by atoms with E-state index in [1.54, 1.807) is 13.8 Å². The van der Waals surface area contributed by atoms with E-state index in [-0.39, 0.29) is 53.6 Å². The van der Waals surface area contributed by atoms with Gasteiger partial charge < -0.3 is 39.6 Å². The number of nitrogens with zero attached hydrogens (tertiary/aromatic N) is 2. The monoisotopic (exact) mass is 780 g/mol. The number of anilines is 1. The molecule has 282 valence electrons. The molecule has 6 aromatic rings. The first-order valence-corrected chi connectivity index (χ1v) is 19.2. The van der Waals surface area contributed by atoms with Gasteiger partial charge in [-0.25, -0.2) is 4.98 Å². The second-order valence-electron chi connectivity index (χ2n) is 14.8. The van der Waals surface area contributed by atoms with Gasteiger partial charge in [-0.1, -0.05) is 99.4 Å². The predicted molar refractivity (Wildman–Crippen MR) is 207 cm³/mol. The summed E-state index contributed by atoms with van der Waals surface area (Å²) in [6.07, 6.45) is -0.159. The normalized spacial score (nSPS) is 21.3. The molecule has 6 heterocycles. The zero-order chi connectivity index (χ0) is 38.4. The highest BCUT2D eigenvalue weighted by atomic mass is 35.5. The van der Waals surface area contributed by atoms with Crippen LogP contribution in [0.3, 0.4) is 0 Å². The number of nitrogens with one attached hydrogen (secondary N) is 4. The van der Waals surface area contributed by atoms with E-state index < -0.39 is 41.1 Å². The summed E-state index contributed by atoms with van der Waals surface area (Å²) < 4.78 is 20.2. The van der Waals surface area contributed by atoms with Crippen LogP contribution >= 0.6 is 23.2 Å². The van der Waals surface area contributed by atoms with Crippen LogP contribution in [0.5, 0.6) is 5.75 Å². The van der Waals surface area contributed by atoms with Gasteiger partial charge in [-0.3, -0.25) is 9.59 Å². The molecule has 9 rings (SSSR count). The maximum absolute atomic E-state index is 14.3. The number of benzene rings is 3. The van der Waals surface area contributed by atoms with Gasteiger partial charge in [0.1, 0.15) is 34.0 Å². The second kappa shape index (κ2) is 12.9. The Hall–Kier alpha value is -5.30. The Kier molecular flexibility index (Phi) is 8.30. The quantitative estimate of drug-likeness (QED) is 0.109. The summed E-state index contributed by atoms with van der Waals surface area (Å²) in [5.74, 6) is 0.214. The zero-order valence-corrected chi connectivity index (χ0v) is 31.9. The SMILES string of the molecule is CCC(O)(CC)C(=O)N[C@H]1Cc2ccc3c(c2)C2(c4ccccc4N[C@H]2O3)c2oc(nc2-c2nc(Cl)c(-c3c(Cl)[nH]c4ccccc34)o2)[C@H](C(C)C)NC1=O. The average Bonchev–Trinajstić information content (AvgIpc) is 3.98. The summed E-state index contributed by atoms with van der Waals surface area (Å²) in [7, 11) is 0. The van der Waals surface area contributed by atoms with E-state index in [9.17, 15) is 14.7 Å². The molecule has 3 aromatic heterocycles. The van der Waals surface area contributed by atoms with Crippen molar-refractivity contribution < 1.29 is 28.3 Å². The fourth-order valence-electron chi connectivity index (χ4n) is 8.20. The molecule has 12 nitrogen and oxygen atoms in total. The van der Waals surface area contributed by atoms with Crippen LogP contribution in [-0.4, -0.2) is 49.7 Å². The van der Waals surface area contributed by atoms with Gasteiger partial charge in [0.2, 0.25) is 11.8 Å². The minimum atomic E-state index is -1.64. The Balaban J connectivity index is 1.28. The summed E-state index contributed by atoms with van der Waals surface area (Å²) in [4.78, 5) is 40.8.